The molecule has 0 amide bonds. The van der Waals surface area contributed by atoms with Gasteiger partial charge in [-0.1, -0.05) is 0 Å². The summed E-state index contributed by atoms with van der Waals surface area (Å²) in [5.74, 6) is 3.01. The molecule has 0 saturated carbocycles. The van der Waals surface area contributed by atoms with E-state index in [-0.39, 0.29) is 0 Å². The van der Waals surface area contributed by atoms with E-state index < -0.39 is 0 Å². The molecule has 0 fully saturated rings. The van der Waals surface area contributed by atoms with Crippen molar-refractivity contribution in [2.75, 3.05) is 30.4 Å². The van der Waals surface area contributed by atoms with Crippen LogP contribution in [0.1, 0.15) is 19.6 Å². The average Bonchev–Trinajstić information content (AvgIpc) is 2.98. The van der Waals surface area contributed by atoms with Gasteiger partial charge in [0.1, 0.15) is 12.1 Å². The molecule has 6 heteroatoms. The molecule has 0 radical (unpaired) electrons. The maximum atomic E-state index is 5.47. The molecule has 2 heterocycles. The molecule has 0 spiro atoms. The summed E-state index contributed by atoms with van der Waals surface area (Å²) in [6.45, 7) is 6.29. The number of nitrogens with zero attached hydrogens (tertiary/aromatic N) is 3. The first-order valence-corrected chi connectivity index (χ1v) is 6.70. The molecule has 1 N–H and O–H groups in total. The number of methoxy groups -OCH3 is 1. The maximum Gasteiger partial charge on any atom is 0.204 e. The Morgan fingerprint density at radius 2 is 2.20 bits per heavy atom. The summed E-state index contributed by atoms with van der Waals surface area (Å²) in [6, 6.07) is 3.83. The first kappa shape index (κ1) is 14.2. The van der Waals surface area contributed by atoms with Gasteiger partial charge in [-0.25, -0.2) is 9.97 Å². The molecule has 0 bridgehead atoms. The van der Waals surface area contributed by atoms with Gasteiger partial charge in [0.25, 0.3) is 0 Å². The Labute approximate surface area is 118 Å². The average molecular weight is 276 g/mol. The number of rotatable bonds is 7. The number of ether oxygens (including phenoxy) is 1. The largest absolute Gasteiger partial charge is 0.490 e. The van der Waals surface area contributed by atoms with Crippen molar-refractivity contribution in [2.24, 2.45) is 0 Å². The van der Waals surface area contributed by atoms with Gasteiger partial charge in [0, 0.05) is 13.1 Å². The normalized spacial score (nSPS) is 10.3. The highest BCUT2D eigenvalue weighted by Crippen LogP contribution is 2.32. The fourth-order valence-corrected chi connectivity index (χ4v) is 2.00. The number of anilines is 2. The summed E-state index contributed by atoms with van der Waals surface area (Å²) >= 11 is 0. The van der Waals surface area contributed by atoms with Crippen LogP contribution in [0.2, 0.25) is 0 Å². The summed E-state index contributed by atoms with van der Waals surface area (Å²) < 4.78 is 10.9. The molecule has 6 nitrogen and oxygen atoms in total. The maximum absolute atomic E-state index is 5.47. The smallest absolute Gasteiger partial charge is 0.204 e. The van der Waals surface area contributed by atoms with Crippen molar-refractivity contribution >= 4 is 11.6 Å². The van der Waals surface area contributed by atoms with E-state index in [1.807, 2.05) is 19.1 Å². The van der Waals surface area contributed by atoms with Crippen molar-refractivity contribution < 1.29 is 9.15 Å². The van der Waals surface area contributed by atoms with Gasteiger partial charge in [0.15, 0.2) is 11.6 Å². The van der Waals surface area contributed by atoms with E-state index in [9.17, 15) is 0 Å². The lowest BCUT2D eigenvalue weighted by atomic mass is 10.3. The molecule has 2 aromatic rings. The van der Waals surface area contributed by atoms with Crippen LogP contribution in [0.4, 0.5) is 11.6 Å². The zero-order valence-electron chi connectivity index (χ0n) is 12.1. The Hall–Kier alpha value is -2.24. The predicted octanol–water partition coefficient (Wildman–Crippen LogP) is 2.54. The fourth-order valence-electron chi connectivity index (χ4n) is 2.00. The minimum absolute atomic E-state index is 0.641. The number of hydrogen-bond donors (Lipinski definition) is 1. The first-order chi connectivity index (χ1) is 9.80. The predicted molar refractivity (Wildman–Crippen MR) is 78.2 cm³/mol. The fraction of sp³-hybridized carbons (Fsp3) is 0.429. The Balaban J connectivity index is 2.30. The van der Waals surface area contributed by atoms with Crippen molar-refractivity contribution in [3.05, 3.63) is 30.5 Å². The molecule has 20 heavy (non-hydrogen) atoms. The summed E-state index contributed by atoms with van der Waals surface area (Å²) in [5, 5.41) is 3.18. The van der Waals surface area contributed by atoms with Gasteiger partial charge >= 0.3 is 0 Å². The SMILES string of the molecule is CCNc1ncnc(N(CC)Cc2ccco2)c1OC. The standard InChI is InChI=1S/C14H20N4O2/c1-4-15-13-12(19-3)14(17-10-16-13)18(5-2)9-11-7-6-8-20-11/h6-8,10H,4-5,9H2,1-3H3,(H,15,16,17). The van der Waals surface area contributed by atoms with E-state index in [1.54, 1.807) is 19.7 Å². The lowest BCUT2D eigenvalue weighted by molar-refractivity contribution is 0.411. The highest BCUT2D eigenvalue weighted by molar-refractivity contribution is 5.64. The molecule has 2 rings (SSSR count). The van der Waals surface area contributed by atoms with Crippen LogP contribution in [0.15, 0.2) is 29.1 Å². The van der Waals surface area contributed by atoms with Crippen LogP contribution >= 0.6 is 0 Å². The zero-order valence-corrected chi connectivity index (χ0v) is 12.1. The molecule has 0 saturated heterocycles. The highest BCUT2D eigenvalue weighted by Gasteiger charge is 2.17. The Kier molecular flexibility index (Phi) is 4.81. The van der Waals surface area contributed by atoms with E-state index >= 15 is 0 Å². The van der Waals surface area contributed by atoms with Gasteiger partial charge in [-0.3, -0.25) is 0 Å². The molecule has 2 aromatic heterocycles. The first-order valence-electron chi connectivity index (χ1n) is 6.70. The minimum atomic E-state index is 0.641. The van der Waals surface area contributed by atoms with Crippen molar-refractivity contribution in [2.45, 2.75) is 20.4 Å². The highest BCUT2D eigenvalue weighted by atomic mass is 16.5. The molecular formula is C14H20N4O2. The van der Waals surface area contributed by atoms with Crippen LogP contribution in [0.3, 0.4) is 0 Å². The molecule has 0 unspecified atom stereocenters. The number of furan rings is 1. The molecule has 0 atom stereocenters. The van der Waals surface area contributed by atoms with Crippen molar-refractivity contribution in [3.63, 3.8) is 0 Å². The lowest BCUT2D eigenvalue weighted by Gasteiger charge is -2.23. The van der Waals surface area contributed by atoms with E-state index in [1.165, 1.54) is 0 Å². The lowest BCUT2D eigenvalue weighted by Crippen LogP contribution is -2.24. The second kappa shape index (κ2) is 6.79. The van der Waals surface area contributed by atoms with Crippen LogP contribution in [-0.2, 0) is 6.54 Å². The molecule has 0 aliphatic carbocycles. The van der Waals surface area contributed by atoms with Gasteiger partial charge < -0.3 is 19.4 Å². The quantitative estimate of drug-likeness (QED) is 0.838. The third kappa shape index (κ3) is 3.01. The van der Waals surface area contributed by atoms with Gasteiger partial charge in [-0.05, 0) is 26.0 Å². The number of aromatic nitrogens is 2. The third-order valence-corrected chi connectivity index (χ3v) is 2.94. The van der Waals surface area contributed by atoms with Crippen LogP contribution < -0.4 is 15.0 Å². The minimum Gasteiger partial charge on any atom is -0.490 e. The van der Waals surface area contributed by atoms with Gasteiger partial charge in [0.05, 0.1) is 19.9 Å². The van der Waals surface area contributed by atoms with Gasteiger partial charge in [-0.15, -0.1) is 0 Å². The summed E-state index contributed by atoms with van der Waals surface area (Å²) in [6.07, 6.45) is 3.21. The van der Waals surface area contributed by atoms with Crippen LogP contribution in [-0.4, -0.2) is 30.2 Å². The van der Waals surface area contributed by atoms with Crippen molar-refractivity contribution in [1.29, 1.82) is 0 Å². The number of hydrogen-bond acceptors (Lipinski definition) is 6. The molecule has 0 aliphatic heterocycles. The van der Waals surface area contributed by atoms with E-state index in [0.29, 0.717) is 18.1 Å². The summed E-state index contributed by atoms with van der Waals surface area (Å²) in [7, 11) is 1.63. The molecule has 0 aromatic carbocycles. The van der Waals surface area contributed by atoms with Gasteiger partial charge in [0.2, 0.25) is 5.75 Å². The zero-order chi connectivity index (χ0) is 14.4. The topological polar surface area (TPSA) is 63.4 Å². The van der Waals surface area contributed by atoms with Crippen LogP contribution in [0.5, 0.6) is 5.75 Å². The summed E-state index contributed by atoms with van der Waals surface area (Å²) in [5.41, 5.74) is 0. The van der Waals surface area contributed by atoms with Gasteiger partial charge in [-0.2, -0.15) is 0 Å². The van der Waals surface area contributed by atoms with E-state index in [0.717, 1.165) is 24.7 Å². The second-order valence-electron chi connectivity index (χ2n) is 4.20. The van der Waals surface area contributed by atoms with E-state index in [2.05, 4.69) is 27.1 Å². The molecule has 108 valence electrons. The molecular weight excluding hydrogens is 256 g/mol. The third-order valence-electron chi connectivity index (χ3n) is 2.94. The van der Waals surface area contributed by atoms with Crippen LogP contribution in [0, 0.1) is 0 Å². The molecule has 0 aliphatic rings. The monoisotopic (exact) mass is 276 g/mol. The van der Waals surface area contributed by atoms with E-state index in [4.69, 9.17) is 9.15 Å². The van der Waals surface area contributed by atoms with Crippen molar-refractivity contribution in [3.8, 4) is 5.75 Å². The Bertz CT molecular complexity index is 528. The Morgan fingerprint density at radius 3 is 2.80 bits per heavy atom. The summed E-state index contributed by atoms with van der Waals surface area (Å²) in [4.78, 5) is 10.7. The van der Waals surface area contributed by atoms with Crippen molar-refractivity contribution in [1.82, 2.24) is 9.97 Å². The second-order valence-corrected chi connectivity index (χ2v) is 4.20. The number of nitrogens with one attached hydrogen (secondary N) is 1. The Morgan fingerprint density at radius 1 is 1.35 bits per heavy atom. The van der Waals surface area contributed by atoms with Crippen LogP contribution in [0.25, 0.3) is 0 Å².